The Bertz CT molecular complexity index is 626. The van der Waals surface area contributed by atoms with Crippen LogP contribution >= 0.6 is 23.2 Å². The molecule has 0 amide bonds. The average Bonchev–Trinajstić information content (AvgIpc) is 2.47. The summed E-state index contributed by atoms with van der Waals surface area (Å²) in [7, 11) is 1.64. The van der Waals surface area contributed by atoms with Crippen LogP contribution in [-0.4, -0.2) is 13.3 Å². The number of ether oxygens (including phenoxy) is 1. The van der Waals surface area contributed by atoms with Crippen LogP contribution < -0.4 is 4.74 Å². The van der Waals surface area contributed by atoms with Crippen molar-refractivity contribution < 1.29 is 4.74 Å². The predicted molar refractivity (Wildman–Crippen MR) is 85.5 cm³/mol. The van der Waals surface area contributed by atoms with Crippen molar-refractivity contribution in [2.75, 3.05) is 7.11 Å². The van der Waals surface area contributed by atoms with E-state index < -0.39 is 0 Å². The number of nitrogens with zero attached hydrogens (tertiary/aromatic N) is 1. The summed E-state index contributed by atoms with van der Waals surface area (Å²) >= 11 is 12.2. The Hall–Kier alpha value is -1.51. The third-order valence-corrected chi connectivity index (χ3v) is 3.56. The van der Waals surface area contributed by atoms with E-state index in [1.54, 1.807) is 25.5 Å². The fraction of sp³-hybridized carbons (Fsp3) is 0.188. The van der Waals surface area contributed by atoms with Gasteiger partial charge in [0, 0.05) is 21.8 Å². The van der Waals surface area contributed by atoms with Crippen LogP contribution in [0.15, 0.2) is 47.5 Å². The van der Waals surface area contributed by atoms with E-state index in [1.807, 2.05) is 37.3 Å². The van der Waals surface area contributed by atoms with Crippen molar-refractivity contribution in [2.24, 2.45) is 4.99 Å². The van der Waals surface area contributed by atoms with E-state index in [2.05, 4.69) is 4.99 Å². The van der Waals surface area contributed by atoms with Crippen LogP contribution in [0, 0.1) is 0 Å². The molecule has 4 heteroatoms. The van der Waals surface area contributed by atoms with Crippen LogP contribution in [0.2, 0.25) is 10.0 Å². The number of hydrogen-bond donors (Lipinski definition) is 0. The summed E-state index contributed by atoms with van der Waals surface area (Å²) in [6.45, 7) is 1.98. The number of halogens is 2. The van der Waals surface area contributed by atoms with Crippen molar-refractivity contribution in [3.63, 3.8) is 0 Å². The summed E-state index contributed by atoms with van der Waals surface area (Å²) in [6, 6.07) is 13.0. The van der Waals surface area contributed by atoms with Crippen molar-refractivity contribution in [1.29, 1.82) is 0 Å². The largest absolute Gasteiger partial charge is 0.496 e. The minimum atomic E-state index is -0.0777. The third kappa shape index (κ3) is 3.53. The van der Waals surface area contributed by atoms with E-state index in [0.29, 0.717) is 10.0 Å². The molecule has 0 heterocycles. The van der Waals surface area contributed by atoms with Crippen LogP contribution in [0.4, 0.5) is 0 Å². The van der Waals surface area contributed by atoms with Crippen molar-refractivity contribution in [1.82, 2.24) is 0 Å². The molecule has 0 fully saturated rings. The molecule has 2 nitrogen and oxygen atoms in total. The molecule has 2 rings (SSSR count). The molecule has 0 spiro atoms. The van der Waals surface area contributed by atoms with Gasteiger partial charge in [-0.3, -0.25) is 4.99 Å². The van der Waals surface area contributed by atoms with Gasteiger partial charge in [0.15, 0.2) is 0 Å². The average molecular weight is 308 g/mol. The highest BCUT2D eigenvalue weighted by Crippen LogP contribution is 2.28. The molecule has 0 N–H and O–H groups in total. The van der Waals surface area contributed by atoms with E-state index in [0.717, 1.165) is 16.9 Å². The summed E-state index contributed by atoms with van der Waals surface area (Å²) in [5.74, 6) is 0.792. The Kier molecular flexibility index (Phi) is 5.05. The molecule has 1 unspecified atom stereocenters. The normalized spacial score (nSPS) is 12.6. The third-order valence-electron chi connectivity index (χ3n) is 2.98. The Morgan fingerprint density at radius 3 is 2.65 bits per heavy atom. The predicted octanol–water partition coefficient (Wildman–Crippen LogP) is 5.18. The lowest BCUT2D eigenvalue weighted by Gasteiger charge is -2.10. The molecule has 0 aliphatic rings. The first-order chi connectivity index (χ1) is 9.61. The first-order valence-electron chi connectivity index (χ1n) is 6.23. The summed E-state index contributed by atoms with van der Waals surface area (Å²) in [4.78, 5) is 4.53. The number of aliphatic imine (C=N–C) groups is 1. The molecule has 0 aliphatic carbocycles. The van der Waals surface area contributed by atoms with E-state index in [9.17, 15) is 0 Å². The fourth-order valence-corrected chi connectivity index (χ4v) is 2.34. The number of methoxy groups -OCH3 is 1. The molecule has 0 saturated heterocycles. The highest BCUT2D eigenvalue weighted by molar-refractivity contribution is 6.33. The standard InChI is InChI=1S/C16H15Cl2NO/c1-11(14-9-13(17)7-8-15(14)18)19-10-12-5-3-4-6-16(12)20-2/h3-11H,1-2H3. The molecule has 0 saturated carbocycles. The van der Waals surface area contributed by atoms with E-state index in [1.165, 1.54) is 0 Å². The molecule has 2 aromatic carbocycles. The second kappa shape index (κ2) is 6.78. The van der Waals surface area contributed by atoms with Crippen LogP contribution in [0.3, 0.4) is 0 Å². The molecule has 0 radical (unpaired) electrons. The maximum atomic E-state index is 6.17. The lowest BCUT2D eigenvalue weighted by Crippen LogP contribution is -1.94. The van der Waals surface area contributed by atoms with Crippen molar-refractivity contribution in [3.8, 4) is 5.75 Å². The Balaban J connectivity index is 2.24. The molecule has 0 bridgehead atoms. The summed E-state index contributed by atoms with van der Waals surface area (Å²) in [6.07, 6.45) is 1.79. The second-order valence-corrected chi connectivity index (χ2v) is 5.21. The Labute approximate surface area is 129 Å². The highest BCUT2D eigenvalue weighted by atomic mass is 35.5. The minimum absolute atomic E-state index is 0.0777. The summed E-state index contributed by atoms with van der Waals surface area (Å²) in [5, 5.41) is 1.32. The molecule has 1 atom stereocenters. The topological polar surface area (TPSA) is 21.6 Å². The van der Waals surface area contributed by atoms with Gasteiger partial charge in [0.05, 0.1) is 13.2 Å². The maximum absolute atomic E-state index is 6.17. The molecule has 20 heavy (non-hydrogen) atoms. The van der Waals surface area contributed by atoms with Crippen LogP contribution in [0.25, 0.3) is 0 Å². The number of hydrogen-bond acceptors (Lipinski definition) is 2. The van der Waals surface area contributed by atoms with Gasteiger partial charge < -0.3 is 4.74 Å². The lowest BCUT2D eigenvalue weighted by atomic mass is 10.1. The minimum Gasteiger partial charge on any atom is -0.496 e. The zero-order chi connectivity index (χ0) is 14.5. The molecule has 2 aromatic rings. The zero-order valence-electron chi connectivity index (χ0n) is 11.3. The first kappa shape index (κ1) is 14.9. The van der Waals surface area contributed by atoms with E-state index in [4.69, 9.17) is 27.9 Å². The van der Waals surface area contributed by atoms with Crippen LogP contribution in [-0.2, 0) is 0 Å². The smallest absolute Gasteiger partial charge is 0.127 e. The first-order valence-corrected chi connectivity index (χ1v) is 6.98. The van der Waals surface area contributed by atoms with Crippen LogP contribution in [0.5, 0.6) is 5.75 Å². The molecular formula is C16H15Cl2NO. The van der Waals surface area contributed by atoms with Gasteiger partial charge in [0.1, 0.15) is 5.75 Å². The van der Waals surface area contributed by atoms with Crippen LogP contribution in [0.1, 0.15) is 24.1 Å². The van der Waals surface area contributed by atoms with Crippen molar-refractivity contribution >= 4 is 29.4 Å². The zero-order valence-corrected chi connectivity index (χ0v) is 12.8. The summed E-state index contributed by atoms with van der Waals surface area (Å²) < 4.78 is 5.29. The van der Waals surface area contributed by atoms with Gasteiger partial charge in [-0.25, -0.2) is 0 Å². The Morgan fingerprint density at radius 1 is 1.15 bits per heavy atom. The molecular weight excluding hydrogens is 293 g/mol. The SMILES string of the molecule is COc1ccccc1C=NC(C)c1cc(Cl)ccc1Cl. The van der Waals surface area contributed by atoms with Crippen molar-refractivity contribution in [2.45, 2.75) is 13.0 Å². The van der Waals surface area contributed by atoms with Crippen molar-refractivity contribution in [3.05, 3.63) is 63.6 Å². The molecule has 0 aliphatic heterocycles. The van der Waals surface area contributed by atoms with Gasteiger partial charge in [-0.15, -0.1) is 0 Å². The van der Waals surface area contributed by atoms with Gasteiger partial charge >= 0.3 is 0 Å². The van der Waals surface area contributed by atoms with Gasteiger partial charge in [0.25, 0.3) is 0 Å². The quantitative estimate of drug-likeness (QED) is 0.713. The lowest BCUT2D eigenvalue weighted by molar-refractivity contribution is 0.414. The Morgan fingerprint density at radius 2 is 1.90 bits per heavy atom. The highest BCUT2D eigenvalue weighted by Gasteiger charge is 2.08. The number of rotatable bonds is 4. The van der Waals surface area contributed by atoms with Gasteiger partial charge in [-0.1, -0.05) is 35.3 Å². The monoisotopic (exact) mass is 307 g/mol. The fourth-order valence-electron chi connectivity index (χ4n) is 1.88. The summed E-state index contributed by atoms with van der Waals surface area (Å²) in [5.41, 5.74) is 1.84. The van der Waals surface area contributed by atoms with Gasteiger partial charge in [-0.2, -0.15) is 0 Å². The maximum Gasteiger partial charge on any atom is 0.127 e. The number of para-hydroxylation sites is 1. The molecule has 104 valence electrons. The van der Waals surface area contributed by atoms with Gasteiger partial charge in [-0.05, 0) is 42.8 Å². The van der Waals surface area contributed by atoms with Gasteiger partial charge in [0.2, 0.25) is 0 Å². The van der Waals surface area contributed by atoms with E-state index >= 15 is 0 Å². The number of benzene rings is 2. The second-order valence-electron chi connectivity index (χ2n) is 4.36. The van der Waals surface area contributed by atoms with E-state index in [-0.39, 0.29) is 6.04 Å². The molecule has 0 aromatic heterocycles.